The summed E-state index contributed by atoms with van der Waals surface area (Å²) in [5, 5.41) is 2.78. The van der Waals surface area contributed by atoms with Crippen LogP contribution in [0.4, 0.5) is 10.1 Å². The Bertz CT molecular complexity index is 535. The first-order chi connectivity index (χ1) is 8.67. The third kappa shape index (κ3) is 4.09. The van der Waals surface area contributed by atoms with Crippen molar-refractivity contribution in [3.05, 3.63) is 24.0 Å². The zero-order chi connectivity index (χ0) is 14.7. The maximum Gasteiger partial charge on any atom is 0.156 e. The molecule has 0 aliphatic carbocycles. The fraction of sp³-hybridized carbons (Fsp3) is 0.538. The molecule has 0 aliphatic rings. The molecule has 4 nitrogen and oxygen atoms in total. The zero-order valence-corrected chi connectivity index (χ0v) is 12.5. The Kier molecular flexibility index (Phi) is 4.79. The van der Waals surface area contributed by atoms with Crippen molar-refractivity contribution >= 4 is 15.5 Å². The smallest absolute Gasteiger partial charge is 0.156 e. The number of sulfone groups is 1. The Morgan fingerprint density at radius 1 is 1.32 bits per heavy atom. The first-order valence-electron chi connectivity index (χ1n) is 5.97. The van der Waals surface area contributed by atoms with Crippen molar-refractivity contribution in [2.24, 2.45) is 0 Å². The summed E-state index contributed by atoms with van der Waals surface area (Å²) in [4.78, 5) is 0. The van der Waals surface area contributed by atoms with Gasteiger partial charge in [0, 0.05) is 12.6 Å². The summed E-state index contributed by atoms with van der Waals surface area (Å²) in [5.41, 5.74) is 0.239. The minimum absolute atomic E-state index is 0.0485. The molecule has 1 N–H and O–H groups in total. The Hall–Kier alpha value is -1.30. The molecule has 1 aromatic rings. The number of halogens is 1. The molecule has 0 aliphatic heterocycles. The molecule has 0 spiro atoms. The molecule has 0 saturated heterocycles. The topological polar surface area (TPSA) is 55.4 Å². The summed E-state index contributed by atoms with van der Waals surface area (Å²) in [6.07, 6.45) is 0. The normalized spacial score (nSPS) is 12.3. The van der Waals surface area contributed by atoms with Gasteiger partial charge in [-0.25, -0.2) is 12.8 Å². The standard InChI is InChI=1S/C13H20FNO3S/c1-13(2,3)19(16,17)8-7-15-12-9-10(18-4)5-6-11(12)14/h5-6,9,15H,7-8H2,1-4H3. The Labute approximate surface area is 113 Å². The number of ether oxygens (including phenoxy) is 1. The van der Waals surface area contributed by atoms with E-state index in [2.05, 4.69) is 5.32 Å². The van der Waals surface area contributed by atoms with Crippen molar-refractivity contribution in [1.82, 2.24) is 0 Å². The van der Waals surface area contributed by atoms with Gasteiger partial charge in [-0.2, -0.15) is 0 Å². The zero-order valence-electron chi connectivity index (χ0n) is 11.7. The highest BCUT2D eigenvalue weighted by Gasteiger charge is 2.28. The highest BCUT2D eigenvalue weighted by molar-refractivity contribution is 7.92. The van der Waals surface area contributed by atoms with E-state index in [1.165, 1.54) is 25.3 Å². The second kappa shape index (κ2) is 5.77. The molecule has 0 saturated carbocycles. The molecule has 1 aromatic carbocycles. The van der Waals surface area contributed by atoms with Crippen LogP contribution in [0.1, 0.15) is 20.8 Å². The first kappa shape index (κ1) is 15.8. The van der Waals surface area contributed by atoms with E-state index in [4.69, 9.17) is 4.74 Å². The van der Waals surface area contributed by atoms with Crippen molar-refractivity contribution in [2.75, 3.05) is 24.7 Å². The van der Waals surface area contributed by atoms with Crippen molar-refractivity contribution in [3.8, 4) is 5.75 Å². The summed E-state index contributed by atoms with van der Waals surface area (Å²) >= 11 is 0. The molecule has 0 aromatic heterocycles. The van der Waals surface area contributed by atoms with Gasteiger partial charge < -0.3 is 10.1 Å². The van der Waals surface area contributed by atoms with Crippen molar-refractivity contribution < 1.29 is 17.5 Å². The number of nitrogens with one attached hydrogen (secondary N) is 1. The second-order valence-electron chi connectivity index (χ2n) is 5.20. The molecular formula is C13H20FNO3S. The summed E-state index contributed by atoms with van der Waals surface area (Å²) < 4.78 is 41.5. The molecule has 0 fully saturated rings. The monoisotopic (exact) mass is 289 g/mol. The van der Waals surface area contributed by atoms with Gasteiger partial charge in [-0.3, -0.25) is 0 Å². The molecule has 0 amide bonds. The van der Waals surface area contributed by atoms with Crippen LogP contribution in [0.25, 0.3) is 0 Å². The maximum absolute atomic E-state index is 13.5. The molecule has 6 heteroatoms. The highest BCUT2D eigenvalue weighted by atomic mass is 32.2. The Morgan fingerprint density at radius 3 is 2.47 bits per heavy atom. The molecule has 0 bridgehead atoms. The average molecular weight is 289 g/mol. The van der Waals surface area contributed by atoms with E-state index < -0.39 is 20.4 Å². The Morgan fingerprint density at radius 2 is 1.95 bits per heavy atom. The van der Waals surface area contributed by atoms with E-state index in [1.54, 1.807) is 20.8 Å². The van der Waals surface area contributed by atoms with Crippen LogP contribution >= 0.6 is 0 Å². The first-order valence-corrected chi connectivity index (χ1v) is 7.62. The maximum atomic E-state index is 13.5. The number of hydrogen-bond acceptors (Lipinski definition) is 4. The molecule has 0 radical (unpaired) electrons. The van der Waals surface area contributed by atoms with Gasteiger partial charge in [0.1, 0.15) is 11.6 Å². The van der Waals surface area contributed by atoms with Crippen LogP contribution in [0.3, 0.4) is 0 Å². The van der Waals surface area contributed by atoms with Gasteiger partial charge in [-0.05, 0) is 32.9 Å². The number of benzene rings is 1. The highest BCUT2D eigenvalue weighted by Crippen LogP contribution is 2.21. The van der Waals surface area contributed by atoms with E-state index >= 15 is 0 Å². The quantitative estimate of drug-likeness (QED) is 0.904. The van der Waals surface area contributed by atoms with Gasteiger partial charge in [0.2, 0.25) is 0 Å². The van der Waals surface area contributed by atoms with Crippen LogP contribution in [-0.2, 0) is 9.84 Å². The third-order valence-electron chi connectivity index (χ3n) is 2.79. The molecule has 19 heavy (non-hydrogen) atoms. The number of hydrogen-bond donors (Lipinski definition) is 1. The van der Waals surface area contributed by atoms with Gasteiger partial charge in [0.25, 0.3) is 0 Å². The fourth-order valence-electron chi connectivity index (χ4n) is 1.39. The lowest BCUT2D eigenvalue weighted by Crippen LogP contribution is -2.32. The lowest BCUT2D eigenvalue weighted by Gasteiger charge is -2.19. The van der Waals surface area contributed by atoms with Gasteiger partial charge in [-0.1, -0.05) is 0 Å². The van der Waals surface area contributed by atoms with E-state index in [9.17, 15) is 12.8 Å². The molecular weight excluding hydrogens is 269 g/mol. The van der Waals surface area contributed by atoms with Gasteiger partial charge in [-0.15, -0.1) is 0 Å². The van der Waals surface area contributed by atoms with Crippen LogP contribution in [0.2, 0.25) is 0 Å². The van der Waals surface area contributed by atoms with Crippen LogP contribution in [0.15, 0.2) is 18.2 Å². The van der Waals surface area contributed by atoms with E-state index in [1.807, 2.05) is 0 Å². The number of methoxy groups -OCH3 is 1. The summed E-state index contributed by atoms with van der Waals surface area (Å²) in [7, 11) is -1.73. The summed E-state index contributed by atoms with van der Waals surface area (Å²) in [6.45, 7) is 5.10. The third-order valence-corrected chi connectivity index (χ3v) is 5.40. The predicted octanol–water partition coefficient (Wildman–Crippen LogP) is 2.46. The number of rotatable bonds is 5. The molecule has 108 valence electrons. The lowest BCUT2D eigenvalue weighted by molar-refractivity contribution is 0.414. The lowest BCUT2D eigenvalue weighted by atomic mass is 10.3. The van der Waals surface area contributed by atoms with Crippen LogP contribution in [-0.4, -0.2) is 32.6 Å². The minimum Gasteiger partial charge on any atom is -0.497 e. The Balaban J connectivity index is 2.69. The molecule has 0 atom stereocenters. The molecule has 0 heterocycles. The van der Waals surface area contributed by atoms with Gasteiger partial charge in [0.05, 0.1) is 23.3 Å². The van der Waals surface area contributed by atoms with Crippen molar-refractivity contribution in [1.29, 1.82) is 0 Å². The summed E-state index contributed by atoms with van der Waals surface area (Å²) in [5.74, 6) is 0.0317. The summed E-state index contributed by atoms with van der Waals surface area (Å²) in [6, 6.07) is 4.28. The van der Waals surface area contributed by atoms with Gasteiger partial charge >= 0.3 is 0 Å². The van der Waals surface area contributed by atoms with Gasteiger partial charge in [0.15, 0.2) is 9.84 Å². The molecule has 1 rings (SSSR count). The second-order valence-corrected chi connectivity index (χ2v) is 8.07. The minimum atomic E-state index is -3.21. The number of anilines is 1. The van der Waals surface area contributed by atoms with E-state index in [0.717, 1.165) is 0 Å². The predicted molar refractivity (Wildman–Crippen MR) is 75.0 cm³/mol. The van der Waals surface area contributed by atoms with E-state index in [-0.39, 0.29) is 18.0 Å². The van der Waals surface area contributed by atoms with Crippen LogP contribution in [0, 0.1) is 5.82 Å². The van der Waals surface area contributed by atoms with Crippen LogP contribution in [0.5, 0.6) is 5.75 Å². The molecule has 0 unspecified atom stereocenters. The van der Waals surface area contributed by atoms with Crippen molar-refractivity contribution in [2.45, 2.75) is 25.5 Å². The largest absolute Gasteiger partial charge is 0.497 e. The SMILES string of the molecule is COc1ccc(F)c(NCCS(=O)(=O)C(C)(C)C)c1. The van der Waals surface area contributed by atoms with Crippen LogP contribution < -0.4 is 10.1 Å². The van der Waals surface area contributed by atoms with Crippen molar-refractivity contribution in [3.63, 3.8) is 0 Å². The average Bonchev–Trinajstić information content (AvgIpc) is 2.30. The van der Waals surface area contributed by atoms with E-state index in [0.29, 0.717) is 5.75 Å². The fourth-order valence-corrected chi connectivity index (χ4v) is 2.38.